The predicted molar refractivity (Wildman–Crippen MR) is 80.7 cm³/mol. The highest BCUT2D eigenvalue weighted by Gasteiger charge is 2.16. The average Bonchev–Trinajstić information content (AvgIpc) is 2.43. The summed E-state index contributed by atoms with van der Waals surface area (Å²) >= 11 is 11.6. The Morgan fingerprint density at radius 3 is 2.38 bits per heavy atom. The maximum Gasteiger partial charge on any atom is 0.335 e. The van der Waals surface area contributed by atoms with Crippen LogP contribution in [0.1, 0.15) is 10.4 Å². The molecule has 0 aromatic heterocycles. The van der Waals surface area contributed by atoms with Gasteiger partial charge in [0.2, 0.25) is 0 Å². The molecule has 0 amide bonds. The fourth-order valence-corrected chi connectivity index (χ4v) is 2.96. The smallest absolute Gasteiger partial charge is 0.335 e. The summed E-state index contributed by atoms with van der Waals surface area (Å²) in [6.45, 7) is 0. The predicted octanol–water partition coefficient (Wildman–Crippen LogP) is 3.49. The van der Waals surface area contributed by atoms with Crippen molar-refractivity contribution in [3.05, 3.63) is 58.1 Å². The molecule has 0 unspecified atom stereocenters. The minimum Gasteiger partial charge on any atom is -0.478 e. The van der Waals surface area contributed by atoms with E-state index in [4.69, 9.17) is 28.3 Å². The Hall–Kier alpha value is -1.76. The van der Waals surface area contributed by atoms with Crippen LogP contribution in [0.3, 0.4) is 0 Å². The molecular formula is C13H9Cl2NO4S. The second-order valence-electron chi connectivity index (χ2n) is 4.07. The molecule has 0 saturated carbocycles. The van der Waals surface area contributed by atoms with Crippen molar-refractivity contribution in [2.45, 2.75) is 4.90 Å². The summed E-state index contributed by atoms with van der Waals surface area (Å²) < 4.78 is 26.7. The first-order valence-corrected chi connectivity index (χ1v) is 7.85. The lowest BCUT2D eigenvalue weighted by atomic mass is 10.2. The topological polar surface area (TPSA) is 83.5 Å². The van der Waals surface area contributed by atoms with E-state index in [-0.39, 0.29) is 21.2 Å². The van der Waals surface area contributed by atoms with Crippen LogP contribution in [0.4, 0.5) is 5.69 Å². The zero-order valence-corrected chi connectivity index (χ0v) is 12.7. The third-order valence-electron chi connectivity index (χ3n) is 2.56. The zero-order chi connectivity index (χ0) is 15.6. The molecule has 0 saturated heterocycles. The third-order valence-corrected chi connectivity index (χ3v) is 4.68. The fraction of sp³-hybridized carbons (Fsp3) is 0. The molecule has 0 aliphatic rings. The molecule has 0 aliphatic carbocycles. The lowest BCUT2D eigenvalue weighted by Crippen LogP contribution is -2.13. The van der Waals surface area contributed by atoms with Crippen molar-refractivity contribution in [1.29, 1.82) is 0 Å². The van der Waals surface area contributed by atoms with Crippen molar-refractivity contribution < 1.29 is 18.3 Å². The molecule has 2 aromatic rings. The average molecular weight is 346 g/mol. The molecule has 0 spiro atoms. The molecule has 8 heteroatoms. The molecule has 0 fully saturated rings. The van der Waals surface area contributed by atoms with Crippen LogP contribution in [0, 0.1) is 0 Å². The summed E-state index contributed by atoms with van der Waals surface area (Å²) in [4.78, 5) is 10.7. The first-order valence-electron chi connectivity index (χ1n) is 5.61. The third kappa shape index (κ3) is 3.66. The lowest BCUT2D eigenvalue weighted by Gasteiger charge is -2.09. The number of benzene rings is 2. The molecule has 21 heavy (non-hydrogen) atoms. The first kappa shape index (κ1) is 15.6. The van der Waals surface area contributed by atoms with Crippen molar-refractivity contribution in [2.24, 2.45) is 0 Å². The number of hydrogen-bond donors (Lipinski definition) is 2. The van der Waals surface area contributed by atoms with Gasteiger partial charge < -0.3 is 5.11 Å². The van der Waals surface area contributed by atoms with E-state index >= 15 is 0 Å². The highest BCUT2D eigenvalue weighted by molar-refractivity contribution is 7.92. The fourth-order valence-electron chi connectivity index (χ4n) is 1.57. The number of hydrogen-bond acceptors (Lipinski definition) is 3. The van der Waals surface area contributed by atoms with Gasteiger partial charge in [0.05, 0.1) is 26.2 Å². The number of carboxylic acids is 1. The van der Waals surface area contributed by atoms with Crippen LogP contribution in [0.2, 0.25) is 10.0 Å². The van der Waals surface area contributed by atoms with Crippen LogP contribution < -0.4 is 4.72 Å². The maximum absolute atomic E-state index is 12.2. The number of halogens is 2. The van der Waals surface area contributed by atoms with Crippen molar-refractivity contribution in [3.63, 3.8) is 0 Å². The van der Waals surface area contributed by atoms with E-state index in [1.54, 1.807) is 0 Å². The van der Waals surface area contributed by atoms with Crippen LogP contribution in [0.5, 0.6) is 0 Å². The molecule has 0 bridgehead atoms. The Kier molecular flexibility index (Phi) is 4.41. The Morgan fingerprint density at radius 2 is 1.76 bits per heavy atom. The molecular weight excluding hydrogens is 337 g/mol. The van der Waals surface area contributed by atoms with Crippen molar-refractivity contribution in [2.75, 3.05) is 4.72 Å². The Balaban J connectivity index is 2.36. The number of carboxylic acid groups (broad SMARTS) is 1. The quantitative estimate of drug-likeness (QED) is 0.888. The molecule has 5 nitrogen and oxygen atoms in total. The first-order chi connectivity index (χ1) is 9.79. The van der Waals surface area contributed by atoms with Gasteiger partial charge in [0.15, 0.2) is 0 Å². The molecule has 2 aromatic carbocycles. The summed E-state index contributed by atoms with van der Waals surface area (Å²) in [7, 11) is -3.91. The summed E-state index contributed by atoms with van der Waals surface area (Å²) in [5, 5.41) is 9.39. The van der Waals surface area contributed by atoms with Gasteiger partial charge in [-0.2, -0.15) is 0 Å². The van der Waals surface area contributed by atoms with Gasteiger partial charge in [-0.3, -0.25) is 4.72 Å². The number of rotatable bonds is 4. The van der Waals surface area contributed by atoms with Crippen LogP contribution in [-0.4, -0.2) is 19.5 Å². The highest BCUT2D eigenvalue weighted by atomic mass is 35.5. The minimum absolute atomic E-state index is 0.119. The number of anilines is 1. The van der Waals surface area contributed by atoms with E-state index in [1.807, 2.05) is 0 Å². The minimum atomic E-state index is -3.91. The standard InChI is InChI=1S/C13H9Cl2NO4S/c14-11-5-4-9(7-12(11)15)16-21(19,20)10-3-1-2-8(6-10)13(17)18/h1-7,16H,(H,17,18). The second kappa shape index (κ2) is 5.93. The van der Waals surface area contributed by atoms with Crippen molar-refractivity contribution in [3.8, 4) is 0 Å². The van der Waals surface area contributed by atoms with Gasteiger partial charge in [-0.15, -0.1) is 0 Å². The van der Waals surface area contributed by atoms with E-state index in [1.165, 1.54) is 36.4 Å². The number of nitrogens with one attached hydrogen (secondary N) is 1. The van der Waals surface area contributed by atoms with Crippen LogP contribution in [0.25, 0.3) is 0 Å². The van der Waals surface area contributed by atoms with Gasteiger partial charge in [0.25, 0.3) is 10.0 Å². The summed E-state index contributed by atoms with van der Waals surface area (Å²) in [6, 6.07) is 9.30. The normalized spacial score (nSPS) is 11.1. The van der Waals surface area contributed by atoms with Gasteiger partial charge in [-0.25, -0.2) is 13.2 Å². The van der Waals surface area contributed by atoms with E-state index in [2.05, 4.69) is 4.72 Å². The molecule has 2 N–H and O–H groups in total. The lowest BCUT2D eigenvalue weighted by molar-refractivity contribution is 0.0696. The van der Waals surface area contributed by atoms with E-state index in [0.29, 0.717) is 5.02 Å². The van der Waals surface area contributed by atoms with Gasteiger partial charge in [0.1, 0.15) is 0 Å². The van der Waals surface area contributed by atoms with Gasteiger partial charge in [-0.05, 0) is 36.4 Å². The molecule has 0 aliphatic heterocycles. The molecule has 0 radical (unpaired) electrons. The van der Waals surface area contributed by atoms with E-state index in [0.717, 1.165) is 6.07 Å². The number of aromatic carboxylic acids is 1. The van der Waals surface area contributed by atoms with Crippen molar-refractivity contribution >= 4 is 44.9 Å². The summed E-state index contributed by atoms with van der Waals surface area (Å²) in [5.74, 6) is -1.21. The Bertz CT molecular complexity index is 806. The Labute approximate surface area is 131 Å². The van der Waals surface area contributed by atoms with Gasteiger partial charge in [0, 0.05) is 0 Å². The molecule has 0 heterocycles. The van der Waals surface area contributed by atoms with E-state index < -0.39 is 16.0 Å². The maximum atomic E-state index is 12.2. The van der Waals surface area contributed by atoms with Crippen LogP contribution in [-0.2, 0) is 10.0 Å². The monoisotopic (exact) mass is 345 g/mol. The summed E-state index contributed by atoms with van der Waals surface area (Å²) in [5.41, 5.74) is 0.108. The van der Waals surface area contributed by atoms with Crippen LogP contribution in [0.15, 0.2) is 47.4 Å². The van der Waals surface area contributed by atoms with Crippen molar-refractivity contribution in [1.82, 2.24) is 0 Å². The number of carbonyl (C=O) groups is 1. The highest BCUT2D eigenvalue weighted by Crippen LogP contribution is 2.26. The molecule has 2 rings (SSSR count). The summed E-state index contributed by atoms with van der Waals surface area (Å²) in [6.07, 6.45) is 0. The van der Waals surface area contributed by atoms with Gasteiger partial charge >= 0.3 is 5.97 Å². The largest absolute Gasteiger partial charge is 0.478 e. The zero-order valence-electron chi connectivity index (χ0n) is 10.4. The molecule has 110 valence electrons. The van der Waals surface area contributed by atoms with E-state index in [9.17, 15) is 13.2 Å². The number of sulfonamides is 1. The second-order valence-corrected chi connectivity index (χ2v) is 6.56. The van der Waals surface area contributed by atoms with Gasteiger partial charge in [-0.1, -0.05) is 29.3 Å². The molecule has 0 atom stereocenters. The van der Waals surface area contributed by atoms with Crippen LogP contribution >= 0.6 is 23.2 Å². The SMILES string of the molecule is O=C(O)c1cccc(S(=O)(=O)Nc2ccc(Cl)c(Cl)c2)c1. The Morgan fingerprint density at radius 1 is 1.05 bits per heavy atom.